The maximum atomic E-state index is 12.8. The van der Waals surface area contributed by atoms with E-state index in [1.807, 2.05) is 12.1 Å². The molecule has 0 aliphatic carbocycles. The molecule has 0 unspecified atom stereocenters. The molecule has 1 N–H and O–H groups in total. The highest BCUT2D eigenvalue weighted by atomic mass is 79.9. The third-order valence-electron chi connectivity index (χ3n) is 2.38. The van der Waals surface area contributed by atoms with Crippen LogP contribution in [0.3, 0.4) is 0 Å². The van der Waals surface area contributed by atoms with Crippen LogP contribution >= 0.6 is 15.9 Å². The lowest BCUT2D eigenvalue weighted by Gasteiger charge is -2.06. The number of rotatable bonds is 4. The van der Waals surface area contributed by atoms with Gasteiger partial charge < -0.3 is 5.32 Å². The molecule has 0 amide bonds. The molecule has 0 saturated heterocycles. The van der Waals surface area contributed by atoms with Crippen molar-refractivity contribution >= 4 is 21.6 Å². The molecule has 17 heavy (non-hydrogen) atoms. The fourth-order valence-electron chi connectivity index (χ4n) is 1.51. The quantitative estimate of drug-likeness (QED) is 0.871. The van der Waals surface area contributed by atoms with Crippen LogP contribution in [-0.4, -0.2) is 11.5 Å². The van der Waals surface area contributed by atoms with Crippen LogP contribution in [0.4, 0.5) is 10.1 Å². The summed E-state index contributed by atoms with van der Waals surface area (Å²) < 4.78 is 13.9. The molecule has 0 atom stereocenters. The number of nitrogens with zero attached hydrogens (tertiary/aromatic N) is 1. The lowest BCUT2D eigenvalue weighted by molar-refractivity contribution is 0.584. The summed E-state index contributed by atoms with van der Waals surface area (Å²) in [5.41, 5.74) is 2.00. The lowest BCUT2D eigenvalue weighted by atomic mass is 10.1. The van der Waals surface area contributed by atoms with Gasteiger partial charge in [0.2, 0.25) is 5.95 Å². The topological polar surface area (TPSA) is 24.9 Å². The van der Waals surface area contributed by atoms with Crippen molar-refractivity contribution in [3.8, 4) is 0 Å². The summed E-state index contributed by atoms with van der Waals surface area (Å²) in [6, 6.07) is 11.3. The molecule has 1 aromatic carbocycles. The second-order valence-corrected chi connectivity index (χ2v) is 4.59. The van der Waals surface area contributed by atoms with E-state index in [0.717, 1.165) is 23.1 Å². The van der Waals surface area contributed by atoms with E-state index in [4.69, 9.17) is 0 Å². The number of aromatic nitrogens is 1. The first-order valence-electron chi connectivity index (χ1n) is 5.34. The van der Waals surface area contributed by atoms with Gasteiger partial charge in [-0.1, -0.05) is 28.1 Å². The minimum atomic E-state index is -0.460. The van der Waals surface area contributed by atoms with Crippen LogP contribution in [0.5, 0.6) is 0 Å². The zero-order chi connectivity index (χ0) is 12.1. The number of pyridine rings is 1. The Morgan fingerprint density at radius 1 is 1.18 bits per heavy atom. The van der Waals surface area contributed by atoms with Crippen LogP contribution in [0.15, 0.2) is 47.1 Å². The van der Waals surface area contributed by atoms with Gasteiger partial charge in [-0.2, -0.15) is 4.39 Å². The second kappa shape index (κ2) is 5.77. The Bertz CT molecular complexity index is 485. The van der Waals surface area contributed by atoms with Crippen LogP contribution in [0.25, 0.3) is 0 Å². The SMILES string of the molecule is Fc1cc(NCCc2ccc(Br)cc2)ccn1. The summed E-state index contributed by atoms with van der Waals surface area (Å²) in [6.45, 7) is 0.769. The van der Waals surface area contributed by atoms with Crippen LogP contribution in [0, 0.1) is 5.95 Å². The first-order valence-corrected chi connectivity index (χ1v) is 6.13. The van der Waals surface area contributed by atoms with Gasteiger partial charge in [0.05, 0.1) is 0 Å². The second-order valence-electron chi connectivity index (χ2n) is 3.67. The van der Waals surface area contributed by atoms with Crippen molar-refractivity contribution in [1.29, 1.82) is 0 Å². The molecule has 1 heterocycles. The Kier molecular flexibility index (Phi) is 4.09. The van der Waals surface area contributed by atoms with Crippen LogP contribution in [0.1, 0.15) is 5.56 Å². The minimum Gasteiger partial charge on any atom is -0.385 e. The van der Waals surface area contributed by atoms with Gasteiger partial charge in [-0.25, -0.2) is 4.98 Å². The molecular weight excluding hydrogens is 283 g/mol. The summed E-state index contributed by atoms with van der Waals surface area (Å²) in [6.07, 6.45) is 2.36. The van der Waals surface area contributed by atoms with E-state index in [1.165, 1.54) is 17.8 Å². The number of anilines is 1. The third kappa shape index (κ3) is 3.82. The predicted octanol–water partition coefficient (Wildman–Crippen LogP) is 3.64. The first kappa shape index (κ1) is 12.0. The van der Waals surface area contributed by atoms with Gasteiger partial charge in [0.1, 0.15) is 0 Å². The molecule has 0 bridgehead atoms. The monoisotopic (exact) mass is 294 g/mol. The fourth-order valence-corrected chi connectivity index (χ4v) is 1.78. The number of hydrogen-bond donors (Lipinski definition) is 1. The van der Waals surface area contributed by atoms with Crippen molar-refractivity contribution in [2.24, 2.45) is 0 Å². The smallest absolute Gasteiger partial charge is 0.214 e. The van der Waals surface area contributed by atoms with Crippen LogP contribution in [-0.2, 0) is 6.42 Å². The van der Waals surface area contributed by atoms with E-state index in [2.05, 4.69) is 38.4 Å². The lowest BCUT2D eigenvalue weighted by Crippen LogP contribution is -2.05. The molecule has 88 valence electrons. The van der Waals surface area contributed by atoms with Crippen molar-refractivity contribution in [1.82, 2.24) is 4.98 Å². The van der Waals surface area contributed by atoms with E-state index in [-0.39, 0.29) is 0 Å². The van der Waals surface area contributed by atoms with E-state index in [1.54, 1.807) is 6.07 Å². The summed E-state index contributed by atoms with van der Waals surface area (Å²) in [4.78, 5) is 3.50. The van der Waals surface area contributed by atoms with Gasteiger partial charge in [-0.05, 0) is 30.2 Å². The molecule has 0 aliphatic heterocycles. The molecule has 2 nitrogen and oxygen atoms in total. The fraction of sp³-hybridized carbons (Fsp3) is 0.154. The van der Waals surface area contributed by atoms with Gasteiger partial charge in [-0.3, -0.25) is 0 Å². The molecule has 0 fully saturated rings. The van der Waals surface area contributed by atoms with Crippen molar-refractivity contribution in [3.63, 3.8) is 0 Å². The predicted molar refractivity (Wildman–Crippen MR) is 70.5 cm³/mol. The van der Waals surface area contributed by atoms with Crippen LogP contribution < -0.4 is 5.32 Å². The molecule has 0 radical (unpaired) electrons. The average molecular weight is 295 g/mol. The highest BCUT2D eigenvalue weighted by Crippen LogP contribution is 2.11. The van der Waals surface area contributed by atoms with Gasteiger partial charge >= 0.3 is 0 Å². The minimum absolute atomic E-state index is 0.460. The standard InChI is InChI=1S/C13H12BrFN2/c14-11-3-1-10(2-4-11)5-7-16-12-6-8-17-13(15)9-12/h1-4,6,8-9H,5,7H2,(H,16,17). The summed E-state index contributed by atoms with van der Waals surface area (Å²) in [7, 11) is 0. The maximum Gasteiger partial charge on any atom is 0.214 e. The highest BCUT2D eigenvalue weighted by Gasteiger charge is 1.96. The summed E-state index contributed by atoms with van der Waals surface area (Å²) in [5, 5.41) is 3.16. The Morgan fingerprint density at radius 3 is 2.65 bits per heavy atom. The first-order chi connectivity index (χ1) is 8.24. The summed E-state index contributed by atoms with van der Waals surface area (Å²) >= 11 is 3.39. The van der Waals surface area contributed by atoms with Gasteiger partial charge in [0.15, 0.2) is 0 Å². The van der Waals surface area contributed by atoms with E-state index in [0.29, 0.717) is 0 Å². The normalized spacial score (nSPS) is 10.2. The number of benzene rings is 1. The maximum absolute atomic E-state index is 12.8. The van der Waals surface area contributed by atoms with Crippen LogP contribution in [0.2, 0.25) is 0 Å². The van der Waals surface area contributed by atoms with Crippen molar-refractivity contribution in [2.45, 2.75) is 6.42 Å². The molecule has 2 aromatic rings. The zero-order valence-corrected chi connectivity index (χ0v) is 10.7. The molecule has 1 aromatic heterocycles. The van der Waals surface area contributed by atoms with E-state index in [9.17, 15) is 4.39 Å². The molecule has 2 rings (SSSR count). The number of nitrogens with one attached hydrogen (secondary N) is 1. The Labute approximate surface area is 108 Å². The largest absolute Gasteiger partial charge is 0.385 e. The van der Waals surface area contributed by atoms with Gasteiger partial charge in [0, 0.05) is 29.0 Å². The molecule has 0 aliphatic rings. The number of halogens is 2. The van der Waals surface area contributed by atoms with Crippen molar-refractivity contribution in [3.05, 3.63) is 58.6 Å². The Morgan fingerprint density at radius 2 is 1.94 bits per heavy atom. The van der Waals surface area contributed by atoms with E-state index < -0.39 is 5.95 Å². The molecule has 0 spiro atoms. The Balaban J connectivity index is 1.85. The molecular formula is C13H12BrFN2. The van der Waals surface area contributed by atoms with Gasteiger partial charge in [0.25, 0.3) is 0 Å². The summed E-state index contributed by atoms with van der Waals surface area (Å²) in [5.74, 6) is -0.460. The van der Waals surface area contributed by atoms with Crippen molar-refractivity contribution < 1.29 is 4.39 Å². The zero-order valence-electron chi connectivity index (χ0n) is 9.16. The third-order valence-corrected chi connectivity index (χ3v) is 2.91. The highest BCUT2D eigenvalue weighted by molar-refractivity contribution is 9.10. The molecule has 0 saturated carbocycles. The van der Waals surface area contributed by atoms with Crippen molar-refractivity contribution in [2.75, 3.05) is 11.9 Å². The molecule has 4 heteroatoms. The average Bonchev–Trinajstić information content (AvgIpc) is 2.32. The number of hydrogen-bond acceptors (Lipinski definition) is 2. The van der Waals surface area contributed by atoms with Gasteiger partial charge in [-0.15, -0.1) is 0 Å². The van der Waals surface area contributed by atoms with E-state index >= 15 is 0 Å². The Hall–Kier alpha value is -1.42.